The van der Waals surface area contributed by atoms with Crippen LogP contribution in [0.2, 0.25) is 0 Å². The van der Waals surface area contributed by atoms with Gasteiger partial charge in [0.2, 0.25) is 10.0 Å². The van der Waals surface area contributed by atoms with Crippen LogP contribution in [-0.4, -0.2) is 48.2 Å². The lowest BCUT2D eigenvalue weighted by molar-refractivity contribution is -0.119. The zero-order chi connectivity index (χ0) is 21.6. The fourth-order valence-corrected chi connectivity index (χ4v) is 2.86. The van der Waals surface area contributed by atoms with E-state index in [1.54, 1.807) is 18.2 Å². The summed E-state index contributed by atoms with van der Waals surface area (Å²) in [5.74, 6) is -0.633. The summed E-state index contributed by atoms with van der Waals surface area (Å²) in [6, 6.07) is 8.22. The van der Waals surface area contributed by atoms with E-state index < -0.39 is 28.5 Å². The summed E-state index contributed by atoms with van der Waals surface area (Å²) in [4.78, 5) is 24.1. The summed E-state index contributed by atoms with van der Waals surface area (Å²) in [6.07, 6.45) is 0. The van der Waals surface area contributed by atoms with E-state index in [1.807, 2.05) is 0 Å². The first-order chi connectivity index (χ1) is 13.7. The summed E-state index contributed by atoms with van der Waals surface area (Å²) >= 11 is 0. The fraction of sp³-hybridized carbons (Fsp3) is 0.222. The Morgan fingerprint density at radius 1 is 0.966 bits per heavy atom. The summed E-state index contributed by atoms with van der Waals surface area (Å²) < 4.78 is 43.2. The van der Waals surface area contributed by atoms with E-state index in [4.69, 9.17) is 24.1 Å². The number of hydrogen-bond acceptors (Lipinski definition) is 8. The van der Waals surface area contributed by atoms with Crippen LogP contribution in [0.1, 0.15) is 10.4 Å². The second kappa shape index (κ2) is 9.26. The number of amides is 1. The van der Waals surface area contributed by atoms with Gasteiger partial charge in [-0.1, -0.05) is 0 Å². The van der Waals surface area contributed by atoms with Crippen molar-refractivity contribution < 1.29 is 37.0 Å². The minimum atomic E-state index is -4.04. The van der Waals surface area contributed by atoms with Crippen LogP contribution in [0.25, 0.3) is 0 Å². The van der Waals surface area contributed by atoms with Crippen LogP contribution in [0.4, 0.5) is 5.69 Å². The first-order valence-electron chi connectivity index (χ1n) is 8.09. The number of benzene rings is 2. The number of sulfonamides is 1. The van der Waals surface area contributed by atoms with Crippen molar-refractivity contribution in [1.82, 2.24) is 0 Å². The number of ether oxygens (including phenoxy) is 4. The van der Waals surface area contributed by atoms with Crippen molar-refractivity contribution in [2.24, 2.45) is 5.14 Å². The predicted molar refractivity (Wildman–Crippen MR) is 103 cm³/mol. The average Bonchev–Trinajstić information content (AvgIpc) is 2.71. The lowest BCUT2D eigenvalue weighted by atomic mass is 10.2. The molecule has 0 aromatic heterocycles. The normalized spacial score (nSPS) is 10.8. The van der Waals surface area contributed by atoms with Gasteiger partial charge in [0, 0.05) is 6.07 Å². The van der Waals surface area contributed by atoms with Crippen molar-refractivity contribution in [3.05, 3.63) is 42.0 Å². The standard InChI is InChI=1S/C18H20N2O8S/c1-25-11-4-6-14(16(8-11)27-3)20-17(21)10-28-18(22)13-9-12(29(19,23)24)5-7-15(13)26-2/h4-9H,10H2,1-3H3,(H,20,21)(H2,19,23,24). The lowest BCUT2D eigenvalue weighted by Crippen LogP contribution is -2.22. The molecule has 1 amide bonds. The Bertz CT molecular complexity index is 1020. The number of nitrogens with one attached hydrogen (secondary N) is 1. The predicted octanol–water partition coefficient (Wildman–Crippen LogP) is 1.16. The number of methoxy groups -OCH3 is 3. The molecule has 0 heterocycles. The Hall–Kier alpha value is -3.31. The molecule has 156 valence electrons. The van der Waals surface area contributed by atoms with Gasteiger partial charge in [-0.2, -0.15) is 0 Å². The summed E-state index contributed by atoms with van der Waals surface area (Å²) in [5.41, 5.74) is 0.164. The molecule has 0 aliphatic carbocycles. The maximum atomic E-state index is 12.3. The number of rotatable bonds is 8. The van der Waals surface area contributed by atoms with Gasteiger partial charge in [0.25, 0.3) is 5.91 Å². The van der Waals surface area contributed by atoms with Gasteiger partial charge in [0.05, 0.1) is 31.9 Å². The Labute approximate surface area is 167 Å². The number of hydrogen-bond donors (Lipinski definition) is 2. The topological polar surface area (TPSA) is 143 Å². The largest absolute Gasteiger partial charge is 0.497 e. The molecule has 3 N–H and O–H groups in total. The molecule has 29 heavy (non-hydrogen) atoms. The third-order valence-electron chi connectivity index (χ3n) is 3.74. The molecule has 0 fully saturated rings. The highest BCUT2D eigenvalue weighted by Crippen LogP contribution is 2.29. The molecule has 0 aliphatic heterocycles. The van der Waals surface area contributed by atoms with E-state index in [1.165, 1.54) is 33.5 Å². The van der Waals surface area contributed by atoms with Gasteiger partial charge in [-0.25, -0.2) is 18.4 Å². The molecule has 2 aromatic carbocycles. The Kier molecular flexibility index (Phi) is 7.02. The van der Waals surface area contributed by atoms with Crippen molar-refractivity contribution in [1.29, 1.82) is 0 Å². The molecule has 0 spiro atoms. The van der Waals surface area contributed by atoms with Crippen molar-refractivity contribution >= 4 is 27.6 Å². The number of carbonyl (C=O) groups excluding carboxylic acids is 2. The fourth-order valence-electron chi connectivity index (χ4n) is 2.32. The first-order valence-corrected chi connectivity index (χ1v) is 9.64. The van der Waals surface area contributed by atoms with Crippen LogP contribution < -0.4 is 24.7 Å². The molecule has 0 bridgehead atoms. The third-order valence-corrected chi connectivity index (χ3v) is 4.65. The second-order valence-electron chi connectivity index (χ2n) is 5.60. The van der Waals surface area contributed by atoms with E-state index >= 15 is 0 Å². The highest BCUT2D eigenvalue weighted by Gasteiger charge is 2.20. The monoisotopic (exact) mass is 424 g/mol. The lowest BCUT2D eigenvalue weighted by Gasteiger charge is -2.12. The summed E-state index contributed by atoms with van der Waals surface area (Å²) in [6.45, 7) is -0.628. The van der Waals surface area contributed by atoms with Gasteiger partial charge in [-0.15, -0.1) is 0 Å². The van der Waals surface area contributed by atoms with Crippen molar-refractivity contribution in [2.75, 3.05) is 33.3 Å². The number of esters is 1. The van der Waals surface area contributed by atoms with Crippen LogP contribution in [0, 0.1) is 0 Å². The number of anilines is 1. The third kappa shape index (κ3) is 5.59. The van der Waals surface area contributed by atoms with Gasteiger partial charge in [-0.05, 0) is 30.3 Å². The van der Waals surface area contributed by atoms with Crippen LogP contribution in [0.15, 0.2) is 41.3 Å². The molecule has 0 radical (unpaired) electrons. The molecule has 11 heteroatoms. The summed E-state index contributed by atoms with van der Waals surface area (Å²) in [7, 11) is 0.179. The maximum absolute atomic E-state index is 12.3. The zero-order valence-corrected chi connectivity index (χ0v) is 16.7. The van der Waals surface area contributed by atoms with E-state index in [2.05, 4.69) is 5.32 Å². The first kappa shape index (κ1) is 22.0. The molecular weight excluding hydrogens is 404 g/mol. The molecule has 0 saturated carbocycles. The Balaban J connectivity index is 2.10. The van der Waals surface area contributed by atoms with Gasteiger partial charge in [0.1, 0.15) is 22.8 Å². The average molecular weight is 424 g/mol. The summed E-state index contributed by atoms with van der Waals surface area (Å²) in [5, 5.41) is 7.61. The Morgan fingerprint density at radius 2 is 1.66 bits per heavy atom. The number of carbonyl (C=O) groups is 2. The molecule has 10 nitrogen and oxygen atoms in total. The van der Waals surface area contributed by atoms with Crippen molar-refractivity contribution in [3.63, 3.8) is 0 Å². The zero-order valence-electron chi connectivity index (χ0n) is 15.9. The van der Waals surface area contributed by atoms with Crippen LogP contribution in [-0.2, 0) is 19.6 Å². The minimum Gasteiger partial charge on any atom is -0.497 e. The highest BCUT2D eigenvalue weighted by molar-refractivity contribution is 7.89. The molecule has 0 unspecified atom stereocenters. The highest BCUT2D eigenvalue weighted by atomic mass is 32.2. The molecule has 0 aliphatic rings. The van der Waals surface area contributed by atoms with Gasteiger partial charge in [-0.3, -0.25) is 4.79 Å². The van der Waals surface area contributed by atoms with E-state index in [-0.39, 0.29) is 16.2 Å². The van der Waals surface area contributed by atoms with Gasteiger partial charge < -0.3 is 24.3 Å². The van der Waals surface area contributed by atoms with Gasteiger partial charge >= 0.3 is 5.97 Å². The van der Waals surface area contributed by atoms with E-state index in [9.17, 15) is 18.0 Å². The molecule has 0 saturated heterocycles. The van der Waals surface area contributed by atoms with Crippen LogP contribution in [0.5, 0.6) is 17.2 Å². The van der Waals surface area contributed by atoms with E-state index in [0.717, 1.165) is 6.07 Å². The van der Waals surface area contributed by atoms with Gasteiger partial charge in [0.15, 0.2) is 6.61 Å². The number of nitrogens with two attached hydrogens (primary N) is 1. The molecule has 0 atom stereocenters. The molecular formula is C18H20N2O8S. The Morgan fingerprint density at radius 3 is 2.24 bits per heavy atom. The molecule has 2 aromatic rings. The van der Waals surface area contributed by atoms with Crippen molar-refractivity contribution in [3.8, 4) is 17.2 Å². The van der Waals surface area contributed by atoms with Crippen molar-refractivity contribution in [2.45, 2.75) is 4.90 Å². The SMILES string of the molecule is COc1ccc(NC(=O)COC(=O)c2cc(S(N)(=O)=O)ccc2OC)c(OC)c1. The van der Waals surface area contributed by atoms with Crippen LogP contribution >= 0.6 is 0 Å². The quantitative estimate of drug-likeness (QED) is 0.601. The maximum Gasteiger partial charge on any atom is 0.342 e. The smallest absolute Gasteiger partial charge is 0.342 e. The number of primary sulfonamides is 1. The second-order valence-corrected chi connectivity index (χ2v) is 7.16. The molecule has 2 rings (SSSR count). The van der Waals surface area contributed by atoms with Crippen LogP contribution in [0.3, 0.4) is 0 Å². The minimum absolute atomic E-state index is 0.0691. The van der Waals surface area contributed by atoms with E-state index in [0.29, 0.717) is 17.2 Å².